The maximum atomic E-state index is 14.1. The highest BCUT2D eigenvalue weighted by Crippen LogP contribution is 2.33. The van der Waals surface area contributed by atoms with Crippen molar-refractivity contribution in [1.29, 1.82) is 0 Å². The number of hydrogen-bond acceptors (Lipinski definition) is 4. The van der Waals surface area contributed by atoms with E-state index in [9.17, 15) is 9.50 Å². The molecule has 0 saturated carbocycles. The van der Waals surface area contributed by atoms with E-state index >= 15 is 0 Å². The van der Waals surface area contributed by atoms with Gasteiger partial charge in [0.25, 0.3) is 0 Å². The smallest absolute Gasteiger partial charge is 0.165 e. The molecule has 0 spiro atoms. The zero-order valence-electron chi connectivity index (χ0n) is 14.4. The first-order valence-electron chi connectivity index (χ1n) is 8.55. The second-order valence-corrected chi connectivity index (χ2v) is 6.27. The van der Waals surface area contributed by atoms with Gasteiger partial charge < -0.3 is 14.6 Å². The van der Waals surface area contributed by atoms with Crippen LogP contribution in [0.1, 0.15) is 23.1 Å². The van der Waals surface area contributed by atoms with E-state index in [1.807, 2.05) is 30.3 Å². The summed E-state index contributed by atoms with van der Waals surface area (Å²) in [5.41, 5.74) is 1.60. The number of aliphatic hydroxyl groups is 1. The van der Waals surface area contributed by atoms with Crippen molar-refractivity contribution in [2.24, 2.45) is 0 Å². The van der Waals surface area contributed by atoms with Crippen LogP contribution >= 0.6 is 0 Å². The molecule has 1 saturated heterocycles. The van der Waals surface area contributed by atoms with Crippen LogP contribution in [0.4, 0.5) is 4.39 Å². The first kappa shape index (κ1) is 17.9. The molecule has 1 heterocycles. The van der Waals surface area contributed by atoms with E-state index in [0.29, 0.717) is 25.3 Å². The van der Waals surface area contributed by atoms with Gasteiger partial charge in [0, 0.05) is 25.6 Å². The molecular weight excluding hydrogens is 321 g/mol. The Labute approximate surface area is 147 Å². The molecule has 0 unspecified atom stereocenters. The van der Waals surface area contributed by atoms with Gasteiger partial charge in [-0.25, -0.2) is 4.39 Å². The van der Waals surface area contributed by atoms with Crippen LogP contribution in [-0.4, -0.2) is 50.0 Å². The normalized spacial score (nSPS) is 17.9. The van der Waals surface area contributed by atoms with Crippen LogP contribution < -0.4 is 4.74 Å². The maximum absolute atomic E-state index is 14.1. The average Bonchev–Trinajstić information content (AvgIpc) is 2.67. The van der Waals surface area contributed by atoms with Crippen LogP contribution in [-0.2, 0) is 4.74 Å². The highest BCUT2D eigenvalue weighted by Gasteiger charge is 2.26. The van der Waals surface area contributed by atoms with Crippen LogP contribution in [0.15, 0.2) is 48.5 Å². The van der Waals surface area contributed by atoms with Crippen molar-refractivity contribution in [3.05, 3.63) is 65.5 Å². The highest BCUT2D eigenvalue weighted by atomic mass is 19.1. The first-order chi connectivity index (χ1) is 12.2. The molecule has 4 nitrogen and oxygen atoms in total. The van der Waals surface area contributed by atoms with E-state index in [-0.39, 0.29) is 11.7 Å². The zero-order chi connectivity index (χ0) is 17.6. The van der Waals surface area contributed by atoms with Crippen molar-refractivity contribution in [2.75, 3.05) is 40.0 Å². The van der Waals surface area contributed by atoms with Gasteiger partial charge >= 0.3 is 0 Å². The molecule has 0 bridgehead atoms. The quantitative estimate of drug-likeness (QED) is 0.874. The fraction of sp³-hybridized carbons (Fsp3) is 0.400. The molecule has 5 heteroatoms. The highest BCUT2D eigenvalue weighted by molar-refractivity contribution is 5.33. The van der Waals surface area contributed by atoms with Crippen molar-refractivity contribution >= 4 is 0 Å². The Morgan fingerprint density at radius 2 is 1.84 bits per heavy atom. The van der Waals surface area contributed by atoms with Gasteiger partial charge in [0.2, 0.25) is 0 Å². The molecule has 1 aliphatic rings. The monoisotopic (exact) mass is 345 g/mol. The Kier molecular flexibility index (Phi) is 6.02. The van der Waals surface area contributed by atoms with Gasteiger partial charge in [0.05, 0.1) is 26.4 Å². The molecule has 0 aromatic heterocycles. The lowest BCUT2D eigenvalue weighted by atomic mass is 9.88. The molecule has 0 aliphatic carbocycles. The summed E-state index contributed by atoms with van der Waals surface area (Å²) in [7, 11) is 1.43. The maximum Gasteiger partial charge on any atom is 0.165 e. The molecule has 2 atom stereocenters. The van der Waals surface area contributed by atoms with Crippen molar-refractivity contribution in [2.45, 2.75) is 12.0 Å². The largest absolute Gasteiger partial charge is 0.494 e. The molecule has 1 N–H and O–H groups in total. The summed E-state index contributed by atoms with van der Waals surface area (Å²) < 4.78 is 24.4. The van der Waals surface area contributed by atoms with Gasteiger partial charge in [-0.2, -0.15) is 0 Å². The number of halogens is 1. The first-order valence-corrected chi connectivity index (χ1v) is 8.55. The molecule has 2 aromatic rings. The van der Waals surface area contributed by atoms with Gasteiger partial charge in [0.1, 0.15) is 0 Å². The SMILES string of the molecule is COc1ccc([C@H](O)[C@@H](CN2CCOCC2)c2ccccc2)cc1F. The van der Waals surface area contributed by atoms with Crippen LogP contribution in [0.5, 0.6) is 5.75 Å². The van der Waals surface area contributed by atoms with Crippen LogP contribution in [0.25, 0.3) is 0 Å². The molecule has 1 fully saturated rings. The molecular formula is C20H24FNO3. The third-order valence-corrected chi connectivity index (χ3v) is 4.68. The van der Waals surface area contributed by atoms with E-state index in [1.54, 1.807) is 12.1 Å². The molecule has 0 amide bonds. The van der Waals surface area contributed by atoms with E-state index in [0.717, 1.165) is 18.7 Å². The summed E-state index contributed by atoms with van der Waals surface area (Å²) in [6.07, 6.45) is -0.800. The van der Waals surface area contributed by atoms with E-state index < -0.39 is 11.9 Å². The Bertz CT molecular complexity index is 674. The number of morpholine rings is 1. The van der Waals surface area contributed by atoms with Crippen LogP contribution in [0.3, 0.4) is 0 Å². The fourth-order valence-electron chi connectivity index (χ4n) is 3.25. The topological polar surface area (TPSA) is 41.9 Å². The minimum absolute atomic E-state index is 0.146. The van der Waals surface area contributed by atoms with Crippen molar-refractivity contribution in [3.8, 4) is 5.75 Å². The zero-order valence-corrected chi connectivity index (χ0v) is 14.4. The van der Waals surface area contributed by atoms with Crippen molar-refractivity contribution in [3.63, 3.8) is 0 Å². The number of ether oxygens (including phenoxy) is 2. The molecule has 0 radical (unpaired) electrons. The molecule has 1 aliphatic heterocycles. The van der Waals surface area contributed by atoms with Crippen molar-refractivity contribution in [1.82, 2.24) is 4.90 Å². The number of methoxy groups -OCH3 is 1. The number of hydrogen-bond donors (Lipinski definition) is 1. The summed E-state index contributed by atoms with van der Waals surface area (Å²) in [6, 6.07) is 14.5. The summed E-state index contributed by atoms with van der Waals surface area (Å²) in [5, 5.41) is 11.0. The summed E-state index contributed by atoms with van der Waals surface area (Å²) in [5.74, 6) is -0.426. The predicted molar refractivity (Wildman–Crippen MR) is 94.4 cm³/mol. The molecule has 2 aromatic carbocycles. The van der Waals surface area contributed by atoms with Crippen LogP contribution in [0.2, 0.25) is 0 Å². The molecule has 3 rings (SSSR count). The predicted octanol–water partition coefficient (Wildman–Crippen LogP) is 2.98. The van der Waals surface area contributed by atoms with E-state index in [4.69, 9.17) is 9.47 Å². The second-order valence-electron chi connectivity index (χ2n) is 6.27. The fourth-order valence-corrected chi connectivity index (χ4v) is 3.25. The van der Waals surface area contributed by atoms with Gasteiger partial charge in [-0.15, -0.1) is 0 Å². The number of rotatable bonds is 6. The summed E-state index contributed by atoms with van der Waals surface area (Å²) >= 11 is 0. The number of aliphatic hydroxyl groups excluding tert-OH is 1. The molecule has 134 valence electrons. The van der Waals surface area contributed by atoms with Gasteiger partial charge in [-0.1, -0.05) is 36.4 Å². The van der Waals surface area contributed by atoms with Crippen LogP contribution in [0, 0.1) is 5.82 Å². The second kappa shape index (κ2) is 8.43. The minimum Gasteiger partial charge on any atom is -0.494 e. The number of benzene rings is 2. The summed E-state index contributed by atoms with van der Waals surface area (Å²) in [6.45, 7) is 3.78. The third-order valence-electron chi connectivity index (χ3n) is 4.68. The average molecular weight is 345 g/mol. The number of nitrogens with zero attached hydrogens (tertiary/aromatic N) is 1. The van der Waals surface area contributed by atoms with Gasteiger partial charge in [-0.05, 0) is 23.3 Å². The summed E-state index contributed by atoms with van der Waals surface area (Å²) in [4.78, 5) is 2.28. The Hall–Kier alpha value is -1.95. The third kappa shape index (κ3) is 4.37. The van der Waals surface area contributed by atoms with Gasteiger partial charge in [0.15, 0.2) is 11.6 Å². The molecule has 25 heavy (non-hydrogen) atoms. The van der Waals surface area contributed by atoms with E-state index in [2.05, 4.69) is 4.90 Å². The van der Waals surface area contributed by atoms with Crippen molar-refractivity contribution < 1.29 is 19.0 Å². The lowest BCUT2D eigenvalue weighted by molar-refractivity contribution is 0.0239. The van der Waals surface area contributed by atoms with Gasteiger partial charge in [-0.3, -0.25) is 4.90 Å². The Morgan fingerprint density at radius 3 is 2.48 bits per heavy atom. The lowest BCUT2D eigenvalue weighted by Gasteiger charge is -2.33. The van der Waals surface area contributed by atoms with E-state index in [1.165, 1.54) is 13.2 Å². The minimum atomic E-state index is -0.800. The Balaban J connectivity index is 1.86. The Morgan fingerprint density at radius 1 is 1.12 bits per heavy atom. The lowest BCUT2D eigenvalue weighted by Crippen LogP contribution is -2.40. The standard InChI is InChI=1S/C20H24FNO3/c1-24-19-8-7-16(13-18(19)21)20(23)17(15-5-3-2-4-6-15)14-22-9-11-25-12-10-22/h2-8,13,17,20,23H,9-12,14H2,1H3/t17-,20-/m0/s1.